The molecule has 106 valence electrons. The van der Waals surface area contributed by atoms with Gasteiger partial charge >= 0.3 is 12.1 Å². The zero-order chi connectivity index (χ0) is 14.6. The van der Waals surface area contributed by atoms with Gasteiger partial charge in [-0.05, 0) is 33.3 Å². The highest BCUT2D eigenvalue weighted by atomic mass is 16.6. The Morgan fingerprint density at radius 3 is 2.58 bits per heavy atom. The van der Waals surface area contributed by atoms with Crippen molar-refractivity contribution in [3.8, 4) is 0 Å². The molecule has 1 amide bonds. The van der Waals surface area contributed by atoms with E-state index in [9.17, 15) is 9.59 Å². The van der Waals surface area contributed by atoms with Crippen molar-refractivity contribution in [3.63, 3.8) is 0 Å². The van der Waals surface area contributed by atoms with Crippen molar-refractivity contribution in [1.29, 1.82) is 0 Å². The van der Waals surface area contributed by atoms with E-state index in [1.54, 1.807) is 26.8 Å². The first kappa shape index (κ1) is 15.3. The molecule has 3 atom stereocenters. The van der Waals surface area contributed by atoms with Crippen LogP contribution in [0.15, 0.2) is 25.3 Å². The van der Waals surface area contributed by atoms with Gasteiger partial charge in [-0.2, -0.15) is 0 Å². The van der Waals surface area contributed by atoms with E-state index in [4.69, 9.17) is 9.47 Å². The number of ether oxygens (including phenoxy) is 2. The number of esters is 1. The van der Waals surface area contributed by atoms with Crippen LogP contribution in [-0.2, 0) is 14.3 Å². The van der Waals surface area contributed by atoms with Gasteiger partial charge in [0.15, 0.2) is 0 Å². The molecular formula is C14H21NO4. The molecule has 1 N–H and O–H groups in total. The van der Waals surface area contributed by atoms with Crippen LogP contribution in [0.25, 0.3) is 0 Å². The Balaban J connectivity index is 2.76. The van der Waals surface area contributed by atoms with Gasteiger partial charge in [-0.25, -0.2) is 4.79 Å². The number of cyclic esters (lactones) is 1. The van der Waals surface area contributed by atoms with Crippen LogP contribution in [0, 0.1) is 5.92 Å². The lowest BCUT2D eigenvalue weighted by atomic mass is 9.95. The van der Waals surface area contributed by atoms with Gasteiger partial charge in [0.1, 0.15) is 11.7 Å². The Labute approximate surface area is 113 Å². The van der Waals surface area contributed by atoms with E-state index < -0.39 is 29.8 Å². The van der Waals surface area contributed by atoms with Crippen LogP contribution in [0.5, 0.6) is 0 Å². The normalized spacial score (nSPS) is 26.5. The fourth-order valence-corrected chi connectivity index (χ4v) is 1.91. The molecule has 5 heteroatoms. The summed E-state index contributed by atoms with van der Waals surface area (Å²) in [7, 11) is 0. The maximum absolute atomic E-state index is 11.8. The lowest BCUT2D eigenvalue weighted by Crippen LogP contribution is -2.46. The Morgan fingerprint density at radius 1 is 1.47 bits per heavy atom. The molecule has 0 saturated carbocycles. The van der Waals surface area contributed by atoms with E-state index in [0.717, 1.165) is 0 Å². The predicted molar refractivity (Wildman–Crippen MR) is 71.5 cm³/mol. The molecule has 0 spiro atoms. The summed E-state index contributed by atoms with van der Waals surface area (Å²) in [5, 5.41) is 2.68. The Bertz CT molecular complexity index is 383. The van der Waals surface area contributed by atoms with Crippen LogP contribution in [0.4, 0.5) is 4.79 Å². The van der Waals surface area contributed by atoms with Gasteiger partial charge in [-0.1, -0.05) is 12.7 Å². The molecule has 0 bridgehead atoms. The van der Waals surface area contributed by atoms with E-state index in [2.05, 4.69) is 18.5 Å². The minimum Gasteiger partial charge on any atom is -0.456 e. The van der Waals surface area contributed by atoms with E-state index in [0.29, 0.717) is 6.42 Å². The monoisotopic (exact) mass is 267 g/mol. The Kier molecular flexibility index (Phi) is 4.75. The number of alkyl carbamates (subject to hydrolysis) is 1. The Hall–Kier alpha value is -1.78. The van der Waals surface area contributed by atoms with Crippen LogP contribution < -0.4 is 5.32 Å². The van der Waals surface area contributed by atoms with Crippen LogP contribution in [0.3, 0.4) is 0 Å². The molecule has 1 aliphatic rings. The van der Waals surface area contributed by atoms with E-state index >= 15 is 0 Å². The number of hydrogen-bond acceptors (Lipinski definition) is 4. The molecule has 0 radical (unpaired) electrons. The lowest BCUT2D eigenvalue weighted by molar-refractivity contribution is -0.142. The zero-order valence-corrected chi connectivity index (χ0v) is 11.6. The van der Waals surface area contributed by atoms with Gasteiger partial charge in [0, 0.05) is 0 Å². The third kappa shape index (κ3) is 4.12. The minimum atomic E-state index is -0.592. The van der Waals surface area contributed by atoms with Crippen molar-refractivity contribution in [2.24, 2.45) is 5.92 Å². The molecule has 0 aromatic rings. The van der Waals surface area contributed by atoms with Crippen LogP contribution >= 0.6 is 0 Å². The molecular weight excluding hydrogens is 246 g/mol. The summed E-state index contributed by atoms with van der Waals surface area (Å²) in [5.41, 5.74) is -0.592. The third-order valence-corrected chi connectivity index (χ3v) is 2.68. The summed E-state index contributed by atoms with van der Waals surface area (Å²) in [6, 6.07) is -0.474. The average molecular weight is 267 g/mol. The molecule has 1 fully saturated rings. The van der Waals surface area contributed by atoms with E-state index in [-0.39, 0.29) is 5.97 Å². The fourth-order valence-electron chi connectivity index (χ4n) is 1.91. The molecule has 5 nitrogen and oxygen atoms in total. The maximum Gasteiger partial charge on any atom is 0.408 e. The number of amides is 1. The quantitative estimate of drug-likeness (QED) is 0.626. The standard InChI is InChI=1S/C14H21NO4/c1-6-8-9-11(10(7-2)18-12(9)16)15-13(17)19-14(3,4)5/h6-7,9-11H,1-2,8H2,3-5H3,(H,15,17)/t9-,10+,11-/m1/s1. The molecule has 1 aliphatic heterocycles. The summed E-state index contributed by atoms with van der Waals surface area (Å²) in [6.07, 6.45) is 2.45. The summed E-state index contributed by atoms with van der Waals surface area (Å²) >= 11 is 0. The van der Waals surface area contributed by atoms with Crippen molar-refractivity contribution in [3.05, 3.63) is 25.3 Å². The number of hydrogen-bond donors (Lipinski definition) is 1. The SMILES string of the molecule is C=CC[C@H]1C(=O)O[C@@H](C=C)[C@@H]1NC(=O)OC(C)(C)C. The molecule has 1 saturated heterocycles. The third-order valence-electron chi connectivity index (χ3n) is 2.68. The molecule has 0 unspecified atom stereocenters. The second kappa shape index (κ2) is 5.91. The maximum atomic E-state index is 11.8. The zero-order valence-electron chi connectivity index (χ0n) is 11.6. The van der Waals surface area contributed by atoms with E-state index in [1.807, 2.05) is 0 Å². The first-order valence-corrected chi connectivity index (χ1v) is 6.22. The number of carbonyl (C=O) groups excluding carboxylic acids is 2. The molecule has 0 aromatic heterocycles. The van der Waals surface area contributed by atoms with Crippen LogP contribution in [0.2, 0.25) is 0 Å². The molecule has 1 rings (SSSR count). The Morgan fingerprint density at radius 2 is 2.11 bits per heavy atom. The van der Waals surface area contributed by atoms with Gasteiger partial charge in [0.25, 0.3) is 0 Å². The second-order valence-corrected chi connectivity index (χ2v) is 5.44. The molecule has 0 aliphatic carbocycles. The second-order valence-electron chi connectivity index (χ2n) is 5.44. The molecule has 19 heavy (non-hydrogen) atoms. The van der Waals surface area contributed by atoms with Crippen molar-refractivity contribution in [1.82, 2.24) is 5.32 Å². The molecule has 0 aromatic carbocycles. The number of carbonyl (C=O) groups is 2. The average Bonchev–Trinajstić information content (AvgIpc) is 2.55. The van der Waals surface area contributed by atoms with Crippen molar-refractivity contribution in [2.75, 3.05) is 0 Å². The van der Waals surface area contributed by atoms with Gasteiger partial charge in [-0.3, -0.25) is 4.79 Å². The van der Waals surface area contributed by atoms with Gasteiger partial charge in [-0.15, -0.1) is 6.58 Å². The summed E-state index contributed by atoms with van der Waals surface area (Å²) in [6.45, 7) is 12.5. The van der Waals surface area contributed by atoms with Gasteiger partial charge in [0.2, 0.25) is 0 Å². The van der Waals surface area contributed by atoms with Gasteiger partial charge in [0.05, 0.1) is 12.0 Å². The minimum absolute atomic E-state index is 0.356. The molecule has 1 heterocycles. The highest BCUT2D eigenvalue weighted by molar-refractivity contribution is 5.78. The first-order valence-electron chi connectivity index (χ1n) is 6.22. The first-order chi connectivity index (χ1) is 8.78. The van der Waals surface area contributed by atoms with Crippen molar-refractivity contribution >= 4 is 12.1 Å². The highest BCUT2D eigenvalue weighted by Crippen LogP contribution is 2.26. The van der Waals surface area contributed by atoms with Crippen LogP contribution in [0.1, 0.15) is 27.2 Å². The van der Waals surface area contributed by atoms with Crippen LogP contribution in [-0.4, -0.2) is 29.8 Å². The number of nitrogens with one attached hydrogen (secondary N) is 1. The highest BCUT2D eigenvalue weighted by Gasteiger charge is 2.43. The van der Waals surface area contributed by atoms with Crippen molar-refractivity contribution < 1.29 is 19.1 Å². The van der Waals surface area contributed by atoms with Gasteiger partial charge < -0.3 is 14.8 Å². The summed E-state index contributed by atoms with van der Waals surface area (Å²) in [5.74, 6) is -0.807. The number of rotatable bonds is 4. The van der Waals surface area contributed by atoms with E-state index in [1.165, 1.54) is 6.08 Å². The fraction of sp³-hybridized carbons (Fsp3) is 0.571. The topological polar surface area (TPSA) is 64.6 Å². The smallest absolute Gasteiger partial charge is 0.408 e. The summed E-state index contributed by atoms with van der Waals surface area (Å²) < 4.78 is 10.3. The van der Waals surface area contributed by atoms with Crippen molar-refractivity contribution in [2.45, 2.75) is 44.9 Å². The largest absolute Gasteiger partial charge is 0.456 e. The number of allylic oxidation sites excluding steroid dienone is 1. The predicted octanol–water partition coefficient (Wildman–Crippen LogP) is 2.18. The lowest BCUT2D eigenvalue weighted by Gasteiger charge is -2.24. The summed E-state index contributed by atoms with van der Waals surface area (Å²) in [4.78, 5) is 23.5.